The van der Waals surface area contributed by atoms with Crippen LogP contribution in [-0.2, 0) is 9.59 Å². The van der Waals surface area contributed by atoms with Crippen molar-refractivity contribution >= 4 is 11.8 Å². The molecular weight excluding hydrogens is 240 g/mol. The topological polar surface area (TPSA) is 72.2 Å². The van der Waals surface area contributed by atoms with Crippen molar-refractivity contribution in [2.45, 2.75) is 18.9 Å². The molecular formula is C15H20N2O2. The number of fused-ring (bicyclic) bond motifs is 2. The van der Waals surface area contributed by atoms with Crippen molar-refractivity contribution in [1.82, 2.24) is 5.32 Å². The molecule has 0 radical (unpaired) electrons. The molecule has 5 unspecified atom stereocenters. The van der Waals surface area contributed by atoms with Crippen LogP contribution in [-0.4, -0.2) is 17.9 Å². The fraction of sp³-hybridized carbons (Fsp3) is 0.467. The zero-order valence-electron chi connectivity index (χ0n) is 10.9. The summed E-state index contributed by atoms with van der Waals surface area (Å²) in [6, 6.07) is -0.137. The van der Waals surface area contributed by atoms with Gasteiger partial charge in [0.1, 0.15) is 0 Å². The zero-order chi connectivity index (χ0) is 14.0. The van der Waals surface area contributed by atoms with Crippen molar-refractivity contribution in [3.63, 3.8) is 0 Å². The molecule has 0 aromatic heterocycles. The second-order valence-corrected chi connectivity index (χ2v) is 5.28. The van der Waals surface area contributed by atoms with Gasteiger partial charge in [0, 0.05) is 0 Å². The molecule has 2 amide bonds. The van der Waals surface area contributed by atoms with E-state index in [-0.39, 0.29) is 41.5 Å². The number of allylic oxidation sites excluding steroid dienone is 2. The van der Waals surface area contributed by atoms with E-state index in [0.717, 1.165) is 6.42 Å². The molecule has 3 N–H and O–H groups in total. The first-order valence-corrected chi connectivity index (χ1v) is 6.60. The molecule has 4 nitrogen and oxygen atoms in total. The highest BCUT2D eigenvalue weighted by molar-refractivity contribution is 5.89. The van der Waals surface area contributed by atoms with E-state index in [2.05, 4.69) is 18.5 Å². The van der Waals surface area contributed by atoms with Gasteiger partial charge in [0.05, 0.1) is 17.9 Å². The number of nitrogens with two attached hydrogens (primary N) is 1. The fourth-order valence-electron chi connectivity index (χ4n) is 3.24. The van der Waals surface area contributed by atoms with Crippen LogP contribution < -0.4 is 11.1 Å². The lowest BCUT2D eigenvalue weighted by Gasteiger charge is -2.26. The van der Waals surface area contributed by atoms with E-state index in [4.69, 9.17) is 5.73 Å². The molecule has 0 aromatic rings. The molecule has 0 aliphatic heterocycles. The van der Waals surface area contributed by atoms with Crippen LogP contribution >= 0.6 is 0 Å². The smallest absolute Gasteiger partial charge is 0.225 e. The van der Waals surface area contributed by atoms with E-state index in [9.17, 15) is 9.59 Å². The fourth-order valence-corrected chi connectivity index (χ4v) is 3.24. The Labute approximate surface area is 113 Å². The Hall–Kier alpha value is -1.84. The molecule has 4 heteroatoms. The van der Waals surface area contributed by atoms with Gasteiger partial charge in [-0.25, -0.2) is 0 Å². The number of primary amides is 1. The molecule has 1 saturated carbocycles. The Morgan fingerprint density at radius 1 is 1.32 bits per heavy atom. The van der Waals surface area contributed by atoms with Gasteiger partial charge in [-0.15, -0.1) is 13.2 Å². The SMILES string of the molecule is C=CCC(C=C)NC(=O)C1C2C=CC(C2)C1C(N)=O. The van der Waals surface area contributed by atoms with Gasteiger partial charge in [-0.05, 0) is 24.7 Å². The summed E-state index contributed by atoms with van der Waals surface area (Å²) in [6.07, 6.45) is 8.95. The van der Waals surface area contributed by atoms with Crippen LogP contribution in [0, 0.1) is 23.7 Å². The summed E-state index contributed by atoms with van der Waals surface area (Å²) in [5.41, 5.74) is 5.45. The van der Waals surface area contributed by atoms with E-state index in [0.29, 0.717) is 6.42 Å². The van der Waals surface area contributed by atoms with E-state index < -0.39 is 0 Å². The number of hydrogen-bond acceptors (Lipinski definition) is 2. The van der Waals surface area contributed by atoms with Crippen LogP contribution in [0.15, 0.2) is 37.5 Å². The van der Waals surface area contributed by atoms with Crippen LogP contribution in [0.4, 0.5) is 0 Å². The molecule has 0 spiro atoms. The number of amides is 2. The maximum atomic E-state index is 12.4. The van der Waals surface area contributed by atoms with Gasteiger partial charge in [-0.3, -0.25) is 9.59 Å². The maximum Gasteiger partial charge on any atom is 0.225 e. The van der Waals surface area contributed by atoms with Gasteiger partial charge >= 0.3 is 0 Å². The Morgan fingerprint density at radius 3 is 2.47 bits per heavy atom. The van der Waals surface area contributed by atoms with Gasteiger partial charge in [0.2, 0.25) is 11.8 Å². The lowest BCUT2D eigenvalue weighted by Crippen LogP contribution is -2.45. The van der Waals surface area contributed by atoms with Crippen molar-refractivity contribution in [1.29, 1.82) is 0 Å². The molecule has 2 aliphatic carbocycles. The number of carbonyl (C=O) groups is 2. The van der Waals surface area contributed by atoms with Crippen molar-refractivity contribution in [3.05, 3.63) is 37.5 Å². The maximum absolute atomic E-state index is 12.4. The lowest BCUT2D eigenvalue weighted by atomic mass is 9.81. The van der Waals surface area contributed by atoms with Gasteiger partial charge in [-0.1, -0.05) is 24.3 Å². The minimum absolute atomic E-state index is 0.104. The summed E-state index contributed by atoms with van der Waals surface area (Å²) in [5.74, 6) is -0.927. The summed E-state index contributed by atoms with van der Waals surface area (Å²) in [4.78, 5) is 23.9. The van der Waals surface area contributed by atoms with E-state index >= 15 is 0 Å². The highest BCUT2D eigenvalue weighted by atomic mass is 16.2. The van der Waals surface area contributed by atoms with Gasteiger partial charge in [0.25, 0.3) is 0 Å². The van der Waals surface area contributed by atoms with E-state index in [1.54, 1.807) is 12.2 Å². The predicted octanol–water partition coefficient (Wildman–Crippen LogP) is 1.16. The van der Waals surface area contributed by atoms with E-state index in [1.807, 2.05) is 12.2 Å². The van der Waals surface area contributed by atoms with Gasteiger partial charge in [-0.2, -0.15) is 0 Å². The molecule has 0 aromatic carbocycles. The van der Waals surface area contributed by atoms with Crippen molar-refractivity contribution < 1.29 is 9.59 Å². The average molecular weight is 260 g/mol. The summed E-state index contributed by atoms with van der Waals surface area (Å²) in [7, 11) is 0. The molecule has 0 saturated heterocycles. The monoisotopic (exact) mass is 260 g/mol. The largest absolute Gasteiger partial charge is 0.369 e. The minimum Gasteiger partial charge on any atom is -0.369 e. The number of nitrogens with one attached hydrogen (secondary N) is 1. The number of rotatable bonds is 6. The summed E-state index contributed by atoms with van der Waals surface area (Å²) in [6.45, 7) is 7.34. The Kier molecular flexibility index (Phi) is 3.88. The minimum atomic E-state index is -0.379. The van der Waals surface area contributed by atoms with E-state index in [1.165, 1.54) is 0 Å². The first-order chi connectivity index (χ1) is 9.08. The summed E-state index contributed by atoms with van der Waals surface area (Å²) in [5, 5.41) is 2.91. The second-order valence-electron chi connectivity index (χ2n) is 5.28. The molecule has 2 aliphatic rings. The normalized spacial score (nSPS) is 32.8. The van der Waals surface area contributed by atoms with Crippen LogP contribution in [0.25, 0.3) is 0 Å². The number of carbonyl (C=O) groups excluding carboxylic acids is 2. The second kappa shape index (κ2) is 5.43. The van der Waals surface area contributed by atoms with Crippen molar-refractivity contribution in [3.8, 4) is 0 Å². The Balaban J connectivity index is 2.09. The van der Waals surface area contributed by atoms with Crippen LogP contribution in [0.1, 0.15) is 12.8 Å². The average Bonchev–Trinajstić information content (AvgIpc) is 2.97. The molecule has 2 bridgehead atoms. The van der Waals surface area contributed by atoms with Crippen molar-refractivity contribution in [2.24, 2.45) is 29.4 Å². The number of hydrogen-bond donors (Lipinski definition) is 2. The first-order valence-electron chi connectivity index (χ1n) is 6.60. The lowest BCUT2D eigenvalue weighted by molar-refractivity contribution is -0.134. The van der Waals surface area contributed by atoms with Crippen molar-refractivity contribution in [2.75, 3.05) is 0 Å². The highest BCUT2D eigenvalue weighted by Crippen LogP contribution is 2.47. The van der Waals surface area contributed by atoms with Gasteiger partial charge < -0.3 is 11.1 Å². The van der Waals surface area contributed by atoms with Crippen LogP contribution in [0.2, 0.25) is 0 Å². The first kappa shape index (κ1) is 13.6. The molecule has 5 atom stereocenters. The molecule has 2 rings (SSSR count). The third kappa shape index (κ3) is 2.48. The molecule has 1 fully saturated rings. The summed E-state index contributed by atoms with van der Waals surface area (Å²) < 4.78 is 0. The Morgan fingerprint density at radius 2 is 1.95 bits per heavy atom. The third-order valence-corrected chi connectivity index (χ3v) is 4.12. The predicted molar refractivity (Wildman–Crippen MR) is 73.9 cm³/mol. The molecule has 102 valence electrons. The highest BCUT2D eigenvalue weighted by Gasteiger charge is 2.50. The summed E-state index contributed by atoms with van der Waals surface area (Å²) >= 11 is 0. The van der Waals surface area contributed by atoms with Crippen LogP contribution in [0.5, 0.6) is 0 Å². The standard InChI is InChI=1S/C15H20N2O2/c1-3-5-11(4-2)17-15(19)13-10-7-6-9(8-10)12(13)14(16)18/h3-4,6-7,9-13H,1-2,5,8H2,(H2,16,18)(H,17,19). The molecule has 0 heterocycles. The molecule has 19 heavy (non-hydrogen) atoms. The Bertz CT molecular complexity index is 441. The quantitative estimate of drug-likeness (QED) is 0.703. The zero-order valence-corrected chi connectivity index (χ0v) is 10.9. The third-order valence-electron chi connectivity index (χ3n) is 4.12. The van der Waals surface area contributed by atoms with Gasteiger partial charge in [0.15, 0.2) is 0 Å². The van der Waals surface area contributed by atoms with Crippen LogP contribution in [0.3, 0.4) is 0 Å².